The molecule has 1 unspecified atom stereocenters. The molecule has 0 radical (unpaired) electrons. The van der Waals surface area contributed by atoms with Crippen LogP contribution < -0.4 is 14.8 Å². The van der Waals surface area contributed by atoms with Gasteiger partial charge in [-0.2, -0.15) is 4.31 Å². The third-order valence-corrected chi connectivity index (χ3v) is 8.01. The van der Waals surface area contributed by atoms with Gasteiger partial charge in [-0.15, -0.1) is 0 Å². The molecule has 3 aromatic rings. The van der Waals surface area contributed by atoms with Gasteiger partial charge in [-0.05, 0) is 37.1 Å². The molecule has 5 rings (SSSR count). The van der Waals surface area contributed by atoms with Crippen LogP contribution in [0.2, 0.25) is 0 Å². The lowest BCUT2D eigenvalue weighted by molar-refractivity contribution is -0.119. The molecule has 1 aromatic heterocycles. The molecule has 3 heterocycles. The summed E-state index contributed by atoms with van der Waals surface area (Å²) in [6.07, 6.45) is 1.07. The average molecular weight is 446 g/mol. The number of thiazole rings is 1. The minimum Gasteiger partial charge on any atom is -0.486 e. The van der Waals surface area contributed by atoms with Crippen molar-refractivity contribution in [2.24, 2.45) is 0 Å². The number of nitrogens with zero attached hydrogens (tertiary/aromatic N) is 2. The summed E-state index contributed by atoms with van der Waals surface area (Å²) in [7, 11) is -3.86. The van der Waals surface area contributed by atoms with E-state index in [1.165, 1.54) is 27.8 Å². The summed E-state index contributed by atoms with van der Waals surface area (Å²) in [5.41, 5.74) is 0.796. The number of ether oxygens (including phenoxy) is 2. The Hall–Kier alpha value is -2.69. The molecule has 1 fully saturated rings. The SMILES string of the molecule is O=C(Nc1nc2ccccc2s1)C1CCCN1S(=O)(=O)c1ccc2c(c1)OCCO2. The molecule has 8 nitrogen and oxygen atoms in total. The standard InChI is InChI=1S/C20H19N3O5S2/c24-19(22-20-21-14-4-1-2-6-18(14)29-20)15-5-3-9-23(15)30(25,26)13-7-8-16-17(12-13)28-11-10-27-16/h1-2,4,6-8,12,15H,3,5,9-11H2,(H,21,22,24). The van der Waals surface area contributed by atoms with Crippen molar-refractivity contribution in [3.8, 4) is 11.5 Å². The largest absolute Gasteiger partial charge is 0.486 e. The normalized spacial score (nSPS) is 19.1. The second kappa shape index (κ2) is 7.53. The van der Waals surface area contributed by atoms with Gasteiger partial charge in [0, 0.05) is 12.6 Å². The summed E-state index contributed by atoms with van der Waals surface area (Å²) in [6.45, 7) is 1.08. The lowest BCUT2D eigenvalue weighted by Crippen LogP contribution is -2.43. The van der Waals surface area contributed by atoms with Gasteiger partial charge in [0.05, 0.1) is 15.1 Å². The third kappa shape index (κ3) is 3.40. The highest BCUT2D eigenvalue weighted by Crippen LogP contribution is 2.35. The maximum Gasteiger partial charge on any atom is 0.244 e. The van der Waals surface area contributed by atoms with Gasteiger partial charge in [0.1, 0.15) is 19.3 Å². The molecule has 2 aliphatic rings. The molecular weight excluding hydrogens is 426 g/mol. The molecular formula is C20H19N3O5S2. The van der Waals surface area contributed by atoms with Gasteiger partial charge < -0.3 is 14.8 Å². The maximum absolute atomic E-state index is 13.3. The fraction of sp³-hybridized carbons (Fsp3) is 0.300. The first-order chi connectivity index (χ1) is 14.5. The zero-order chi connectivity index (χ0) is 20.7. The maximum atomic E-state index is 13.3. The number of anilines is 1. The molecule has 30 heavy (non-hydrogen) atoms. The minimum absolute atomic E-state index is 0.0893. The fourth-order valence-corrected chi connectivity index (χ4v) is 6.26. The van der Waals surface area contributed by atoms with E-state index in [1.807, 2.05) is 24.3 Å². The third-order valence-electron chi connectivity index (χ3n) is 5.15. The van der Waals surface area contributed by atoms with Crippen molar-refractivity contribution < 1.29 is 22.7 Å². The van der Waals surface area contributed by atoms with Gasteiger partial charge in [-0.3, -0.25) is 4.79 Å². The van der Waals surface area contributed by atoms with E-state index in [2.05, 4.69) is 10.3 Å². The number of amides is 1. The highest BCUT2D eigenvalue weighted by atomic mass is 32.2. The van der Waals surface area contributed by atoms with Gasteiger partial charge in [-0.25, -0.2) is 13.4 Å². The number of sulfonamides is 1. The second-order valence-electron chi connectivity index (χ2n) is 7.06. The number of nitrogens with one attached hydrogen (secondary N) is 1. The summed E-state index contributed by atoms with van der Waals surface area (Å²) < 4.78 is 39.7. The molecule has 0 saturated carbocycles. The van der Waals surface area contributed by atoms with Crippen molar-refractivity contribution >= 4 is 42.6 Å². The molecule has 10 heteroatoms. The number of aromatic nitrogens is 1. The van der Waals surface area contributed by atoms with Crippen molar-refractivity contribution in [2.45, 2.75) is 23.8 Å². The highest BCUT2D eigenvalue weighted by molar-refractivity contribution is 7.89. The zero-order valence-corrected chi connectivity index (χ0v) is 17.5. The van der Waals surface area contributed by atoms with Crippen molar-refractivity contribution in [3.05, 3.63) is 42.5 Å². The molecule has 0 spiro atoms. The molecule has 1 saturated heterocycles. The van der Waals surface area contributed by atoms with E-state index in [1.54, 1.807) is 6.07 Å². The Balaban J connectivity index is 1.39. The van der Waals surface area contributed by atoms with Crippen LogP contribution in [0.1, 0.15) is 12.8 Å². The number of carbonyl (C=O) groups excluding carboxylic acids is 1. The number of carbonyl (C=O) groups is 1. The molecule has 0 aliphatic carbocycles. The lowest BCUT2D eigenvalue weighted by Gasteiger charge is -2.24. The van der Waals surface area contributed by atoms with Gasteiger partial charge in [-0.1, -0.05) is 23.5 Å². The van der Waals surface area contributed by atoms with Gasteiger partial charge in [0.2, 0.25) is 15.9 Å². The molecule has 1 N–H and O–H groups in total. The minimum atomic E-state index is -3.86. The number of hydrogen-bond donors (Lipinski definition) is 1. The summed E-state index contributed by atoms with van der Waals surface area (Å²) in [4.78, 5) is 17.4. The van der Waals surface area contributed by atoms with E-state index in [0.717, 1.165) is 10.2 Å². The second-order valence-corrected chi connectivity index (χ2v) is 9.98. The summed E-state index contributed by atoms with van der Waals surface area (Å²) in [6, 6.07) is 11.3. The molecule has 2 aromatic carbocycles. The average Bonchev–Trinajstić information content (AvgIpc) is 3.40. The molecule has 2 aliphatic heterocycles. The molecule has 1 atom stereocenters. The predicted molar refractivity (Wildman–Crippen MR) is 113 cm³/mol. The van der Waals surface area contributed by atoms with Crippen LogP contribution in [-0.4, -0.2) is 49.4 Å². The first-order valence-corrected chi connectivity index (χ1v) is 11.9. The van der Waals surface area contributed by atoms with Gasteiger partial charge in [0.15, 0.2) is 16.6 Å². The molecule has 1 amide bonds. The van der Waals surface area contributed by atoms with Crippen molar-refractivity contribution in [1.29, 1.82) is 0 Å². The number of fused-ring (bicyclic) bond motifs is 2. The molecule has 156 valence electrons. The Labute approximate surface area is 177 Å². The fourth-order valence-electron chi connectivity index (χ4n) is 3.72. The summed E-state index contributed by atoms with van der Waals surface area (Å²) >= 11 is 1.36. The van der Waals surface area contributed by atoms with E-state index < -0.39 is 16.1 Å². The number of hydrogen-bond acceptors (Lipinski definition) is 7. The van der Waals surface area contributed by atoms with Gasteiger partial charge in [0.25, 0.3) is 0 Å². The lowest BCUT2D eigenvalue weighted by atomic mass is 10.2. The van der Waals surface area contributed by atoms with Crippen LogP contribution in [0.5, 0.6) is 11.5 Å². The van der Waals surface area contributed by atoms with Crippen LogP contribution in [0, 0.1) is 0 Å². The van der Waals surface area contributed by atoms with E-state index in [-0.39, 0.29) is 17.3 Å². The van der Waals surface area contributed by atoms with E-state index in [9.17, 15) is 13.2 Å². The number of rotatable bonds is 4. The van der Waals surface area contributed by atoms with Crippen LogP contribution in [0.25, 0.3) is 10.2 Å². The van der Waals surface area contributed by atoms with Crippen molar-refractivity contribution in [2.75, 3.05) is 25.1 Å². The smallest absolute Gasteiger partial charge is 0.244 e. The molecule has 0 bridgehead atoms. The summed E-state index contributed by atoms with van der Waals surface area (Å²) in [5.74, 6) is 0.552. The van der Waals surface area contributed by atoms with Crippen molar-refractivity contribution in [1.82, 2.24) is 9.29 Å². The topological polar surface area (TPSA) is 97.8 Å². The Bertz CT molecular complexity index is 1190. The first-order valence-electron chi connectivity index (χ1n) is 9.60. The quantitative estimate of drug-likeness (QED) is 0.663. The van der Waals surface area contributed by atoms with E-state index in [4.69, 9.17) is 9.47 Å². The summed E-state index contributed by atoms with van der Waals surface area (Å²) in [5, 5.41) is 3.26. The zero-order valence-electron chi connectivity index (χ0n) is 15.9. The van der Waals surface area contributed by atoms with Crippen LogP contribution >= 0.6 is 11.3 Å². The van der Waals surface area contributed by atoms with E-state index >= 15 is 0 Å². The van der Waals surface area contributed by atoms with Crippen LogP contribution in [0.15, 0.2) is 47.4 Å². The highest BCUT2D eigenvalue weighted by Gasteiger charge is 2.40. The van der Waals surface area contributed by atoms with Crippen molar-refractivity contribution in [3.63, 3.8) is 0 Å². The van der Waals surface area contributed by atoms with E-state index in [0.29, 0.717) is 42.7 Å². The Morgan fingerprint density at radius 1 is 1.13 bits per heavy atom. The van der Waals surface area contributed by atoms with Crippen LogP contribution in [-0.2, 0) is 14.8 Å². The Kier molecular flexibility index (Phi) is 4.84. The van der Waals surface area contributed by atoms with Crippen LogP contribution in [0.3, 0.4) is 0 Å². The number of para-hydroxylation sites is 1. The monoisotopic (exact) mass is 445 g/mol. The predicted octanol–water partition coefficient (Wildman–Crippen LogP) is 2.86. The Morgan fingerprint density at radius 3 is 2.77 bits per heavy atom. The Morgan fingerprint density at radius 2 is 1.93 bits per heavy atom. The van der Waals surface area contributed by atoms with Gasteiger partial charge >= 0.3 is 0 Å². The first kappa shape index (κ1) is 19.3. The number of benzene rings is 2. The van der Waals surface area contributed by atoms with Crippen LogP contribution in [0.4, 0.5) is 5.13 Å².